The highest BCUT2D eigenvalue weighted by Crippen LogP contribution is 2.18. The van der Waals surface area contributed by atoms with Gasteiger partial charge in [0, 0.05) is 24.1 Å². The monoisotopic (exact) mass is 274 g/mol. The highest BCUT2D eigenvalue weighted by molar-refractivity contribution is 5.88. The van der Waals surface area contributed by atoms with E-state index < -0.39 is 11.9 Å². The first-order valence-corrected chi connectivity index (χ1v) is 6.33. The van der Waals surface area contributed by atoms with Crippen LogP contribution in [0.3, 0.4) is 0 Å². The van der Waals surface area contributed by atoms with Crippen LogP contribution in [0.4, 0.5) is 0 Å². The molecule has 1 atom stereocenters. The molecule has 0 aliphatic carbocycles. The first-order valence-electron chi connectivity index (χ1n) is 6.33. The minimum atomic E-state index is -0.696. The molecule has 1 aromatic heterocycles. The number of hydrogen-bond donors (Lipinski definition) is 3. The summed E-state index contributed by atoms with van der Waals surface area (Å²) in [5, 5.41) is 1.05. The average Bonchev–Trinajstić information content (AvgIpc) is 2.80. The van der Waals surface area contributed by atoms with Gasteiger partial charge in [-0.3, -0.25) is 9.59 Å². The van der Waals surface area contributed by atoms with Crippen molar-refractivity contribution in [3.05, 3.63) is 36.0 Å². The van der Waals surface area contributed by atoms with Crippen molar-refractivity contribution in [2.24, 2.45) is 11.5 Å². The van der Waals surface area contributed by atoms with E-state index in [4.69, 9.17) is 11.5 Å². The van der Waals surface area contributed by atoms with Crippen LogP contribution in [0.5, 0.6) is 0 Å². The normalized spacial score (nSPS) is 12.3. The van der Waals surface area contributed by atoms with Crippen LogP contribution in [0.25, 0.3) is 10.9 Å². The molecule has 2 amide bonds. The molecule has 6 nitrogen and oxygen atoms in total. The summed E-state index contributed by atoms with van der Waals surface area (Å²) in [5.41, 5.74) is 13.0. The van der Waals surface area contributed by atoms with Gasteiger partial charge in [-0.15, -0.1) is 0 Å². The smallest absolute Gasteiger partial charge is 0.240 e. The lowest BCUT2D eigenvalue weighted by Gasteiger charge is -2.19. The Morgan fingerprint density at radius 1 is 1.35 bits per heavy atom. The molecule has 1 aromatic carbocycles. The van der Waals surface area contributed by atoms with E-state index in [9.17, 15) is 9.59 Å². The molecule has 0 fully saturated rings. The van der Waals surface area contributed by atoms with E-state index in [1.165, 1.54) is 11.9 Å². The molecular formula is C14H18N4O2. The standard InChI is InChI=1S/C14H18N4O2/c1-18(8-13(16)19)14(20)11(15)6-9-7-17-12-5-3-2-4-10(9)12/h2-5,7,11,17H,6,8,15H2,1H3,(H2,16,19). The molecule has 2 rings (SSSR count). The zero-order chi connectivity index (χ0) is 14.7. The van der Waals surface area contributed by atoms with E-state index in [1.807, 2.05) is 30.5 Å². The second-order valence-corrected chi connectivity index (χ2v) is 4.83. The summed E-state index contributed by atoms with van der Waals surface area (Å²) in [6, 6.07) is 7.12. The number of rotatable bonds is 5. The number of nitrogens with two attached hydrogens (primary N) is 2. The van der Waals surface area contributed by atoms with Crippen molar-refractivity contribution < 1.29 is 9.59 Å². The van der Waals surface area contributed by atoms with Gasteiger partial charge in [0.05, 0.1) is 12.6 Å². The van der Waals surface area contributed by atoms with Gasteiger partial charge in [-0.05, 0) is 18.1 Å². The minimum absolute atomic E-state index is 0.125. The fourth-order valence-electron chi connectivity index (χ4n) is 2.22. The Bertz CT molecular complexity index is 635. The maximum Gasteiger partial charge on any atom is 0.240 e. The van der Waals surface area contributed by atoms with E-state index in [2.05, 4.69) is 4.98 Å². The van der Waals surface area contributed by atoms with Crippen LogP contribution in [0.2, 0.25) is 0 Å². The lowest BCUT2D eigenvalue weighted by molar-refractivity contribution is -0.134. The molecule has 1 unspecified atom stereocenters. The fraction of sp³-hybridized carbons (Fsp3) is 0.286. The SMILES string of the molecule is CN(CC(N)=O)C(=O)C(N)Cc1c[nH]c2ccccc12. The second kappa shape index (κ2) is 5.75. The molecule has 20 heavy (non-hydrogen) atoms. The van der Waals surface area contributed by atoms with Crippen molar-refractivity contribution in [3.8, 4) is 0 Å². The first-order chi connectivity index (χ1) is 9.49. The number of primary amides is 1. The molecule has 0 saturated carbocycles. The summed E-state index contributed by atoms with van der Waals surface area (Å²) < 4.78 is 0. The van der Waals surface area contributed by atoms with E-state index in [1.54, 1.807) is 0 Å². The van der Waals surface area contributed by atoms with Crippen molar-refractivity contribution in [1.82, 2.24) is 9.88 Å². The number of carbonyl (C=O) groups excluding carboxylic acids is 2. The van der Waals surface area contributed by atoms with Crippen molar-refractivity contribution >= 4 is 22.7 Å². The zero-order valence-corrected chi connectivity index (χ0v) is 11.3. The fourth-order valence-corrected chi connectivity index (χ4v) is 2.22. The third-order valence-corrected chi connectivity index (χ3v) is 3.20. The van der Waals surface area contributed by atoms with Gasteiger partial charge in [0.15, 0.2) is 0 Å². The Morgan fingerprint density at radius 3 is 2.75 bits per heavy atom. The van der Waals surface area contributed by atoms with Gasteiger partial charge < -0.3 is 21.4 Å². The molecule has 0 aliphatic heterocycles. The van der Waals surface area contributed by atoms with Gasteiger partial charge in [0.25, 0.3) is 0 Å². The summed E-state index contributed by atoms with van der Waals surface area (Å²) >= 11 is 0. The number of aromatic nitrogens is 1. The average molecular weight is 274 g/mol. The molecule has 0 spiro atoms. The Labute approximate surface area is 116 Å². The molecular weight excluding hydrogens is 256 g/mol. The number of para-hydroxylation sites is 1. The summed E-state index contributed by atoms with van der Waals surface area (Å²) in [6.45, 7) is -0.125. The van der Waals surface area contributed by atoms with Gasteiger partial charge in [0.2, 0.25) is 11.8 Å². The molecule has 0 aliphatic rings. The van der Waals surface area contributed by atoms with E-state index in [-0.39, 0.29) is 12.5 Å². The molecule has 0 saturated heterocycles. The molecule has 2 aromatic rings. The predicted octanol–water partition coefficient (Wildman–Crippen LogP) is -0.0186. The van der Waals surface area contributed by atoms with Crippen LogP contribution in [-0.4, -0.2) is 41.3 Å². The summed E-state index contributed by atoms with van der Waals surface area (Å²) in [6.07, 6.45) is 2.26. The number of likely N-dealkylation sites (N-methyl/N-ethyl adjacent to an activating group) is 1. The molecule has 5 N–H and O–H groups in total. The van der Waals surface area contributed by atoms with Crippen LogP contribution >= 0.6 is 0 Å². The number of nitrogens with zero attached hydrogens (tertiary/aromatic N) is 1. The van der Waals surface area contributed by atoms with Gasteiger partial charge in [-0.2, -0.15) is 0 Å². The lowest BCUT2D eigenvalue weighted by atomic mass is 10.0. The first kappa shape index (κ1) is 14.1. The number of aromatic amines is 1. The van der Waals surface area contributed by atoms with E-state index in [0.717, 1.165) is 16.5 Å². The number of benzene rings is 1. The molecule has 0 bridgehead atoms. The number of carbonyl (C=O) groups is 2. The Morgan fingerprint density at radius 2 is 2.05 bits per heavy atom. The van der Waals surface area contributed by atoms with Gasteiger partial charge >= 0.3 is 0 Å². The number of H-pyrrole nitrogens is 1. The van der Waals surface area contributed by atoms with E-state index in [0.29, 0.717) is 6.42 Å². The number of hydrogen-bond acceptors (Lipinski definition) is 3. The van der Waals surface area contributed by atoms with Crippen LogP contribution in [0.1, 0.15) is 5.56 Å². The number of nitrogens with one attached hydrogen (secondary N) is 1. The third-order valence-electron chi connectivity index (χ3n) is 3.20. The Balaban J connectivity index is 2.09. The van der Waals surface area contributed by atoms with Crippen LogP contribution in [0.15, 0.2) is 30.5 Å². The molecule has 0 radical (unpaired) electrons. The highest BCUT2D eigenvalue weighted by atomic mass is 16.2. The Kier molecular flexibility index (Phi) is 4.05. The van der Waals surface area contributed by atoms with Gasteiger partial charge in [0.1, 0.15) is 0 Å². The minimum Gasteiger partial charge on any atom is -0.368 e. The quantitative estimate of drug-likeness (QED) is 0.713. The second-order valence-electron chi connectivity index (χ2n) is 4.83. The topological polar surface area (TPSA) is 105 Å². The summed E-state index contributed by atoms with van der Waals surface area (Å²) in [4.78, 5) is 27.2. The van der Waals surface area contributed by atoms with E-state index >= 15 is 0 Å². The Hall–Kier alpha value is -2.34. The summed E-state index contributed by atoms with van der Waals surface area (Å²) in [7, 11) is 1.52. The summed E-state index contributed by atoms with van der Waals surface area (Å²) in [5.74, 6) is -0.853. The maximum absolute atomic E-state index is 12.0. The molecule has 6 heteroatoms. The molecule has 106 valence electrons. The third kappa shape index (κ3) is 2.97. The van der Waals surface area contributed by atoms with Crippen molar-refractivity contribution in [1.29, 1.82) is 0 Å². The van der Waals surface area contributed by atoms with Gasteiger partial charge in [-0.1, -0.05) is 18.2 Å². The highest BCUT2D eigenvalue weighted by Gasteiger charge is 2.20. The van der Waals surface area contributed by atoms with Crippen LogP contribution < -0.4 is 11.5 Å². The molecule has 1 heterocycles. The van der Waals surface area contributed by atoms with Crippen LogP contribution in [-0.2, 0) is 16.0 Å². The van der Waals surface area contributed by atoms with Gasteiger partial charge in [-0.25, -0.2) is 0 Å². The predicted molar refractivity (Wildman–Crippen MR) is 76.8 cm³/mol. The van der Waals surface area contributed by atoms with Crippen molar-refractivity contribution in [3.63, 3.8) is 0 Å². The van der Waals surface area contributed by atoms with Crippen molar-refractivity contribution in [2.75, 3.05) is 13.6 Å². The maximum atomic E-state index is 12.0. The zero-order valence-electron chi connectivity index (χ0n) is 11.3. The largest absolute Gasteiger partial charge is 0.368 e. The lowest BCUT2D eigenvalue weighted by Crippen LogP contribution is -2.45. The van der Waals surface area contributed by atoms with Crippen LogP contribution in [0, 0.1) is 0 Å². The number of fused-ring (bicyclic) bond motifs is 1. The van der Waals surface area contributed by atoms with Crippen molar-refractivity contribution in [2.45, 2.75) is 12.5 Å². The number of amides is 2.